The summed E-state index contributed by atoms with van der Waals surface area (Å²) in [4.78, 5) is 0. The number of rotatable bonds is 2. The SMILES string of the molecule is Cc1ccccc1-c1cc(C)[c]([Ge]([CH3])([CH3])[CH3])c[n+]1C. The van der Waals surface area contributed by atoms with Gasteiger partial charge in [0.05, 0.1) is 0 Å². The van der Waals surface area contributed by atoms with Crippen LogP contribution in [0.2, 0.25) is 17.3 Å². The van der Waals surface area contributed by atoms with Gasteiger partial charge in [-0.2, -0.15) is 0 Å². The molecule has 0 N–H and O–H groups in total. The number of pyridine rings is 1. The van der Waals surface area contributed by atoms with E-state index in [0.29, 0.717) is 0 Å². The zero-order valence-electron chi connectivity index (χ0n) is 12.9. The van der Waals surface area contributed by atoms with Gasteiger partial charge in [0.1, 0.15) is 0 Å². The Morgan fingerprint density at radius 2 is 1.58 bits per heavy atom. The molecular weight excluding hydrogens is 291 g/mol. The van der Waals surface area contributed by atoms with Crippen LogP contribution in [0.25, 0.3) is 11.3 Å². The molecule has 0 amide bonds. The van der Waals surface area contributed by atoms with Crippen molar-refractivity contribution in [2.75, 3.05) is 0 Å². The van der Waals surface area contributed by atoms with Crippen LogP contribution in [-0.2, 0) is 7.05 Å². The van der Waals surface area contributed by atoms with Crippen molar-refractivity contribution in [3.05, 3.63) is 47.7 Å². The van der Waals surface area contributed by atoms with Crippen molar-refractivity contribution in [1.82, 2.24) is 0 Å². The molecule has 1 nitrogen and oxygen atoms in total. The van der Waals surface area contributed by atoms with Crippen LogP contribution in [0.3, 0.4) is 0 Å². The summed E-state index contributed by atoms with van der Waals surface area (Å²) < 4.78 is 3.89. The van der Waals surface area contributed by atoms with Crippen molar-refractivity contribution >= 4 is 17.7 Å². The van der Waals surface area contributed by atoms with E-state index in [4.69, 9.17) is 0 Å². The molecule has 0 bridgehead atoms. The van der Waals surface area contributed by atoms with Crippen molar-refractivity contribution in [3.63, 3.8) is 0 Å². The van der Waals surface area contributed by atoms with E-state index in [1.165, 1.54) is 22.4 Å². The Morgan fingerprint density at radius 3 is 2.16 bits per heavy atom. The summed E-state index contributed by atoms with van der Waals surface area (Å²) >= 11 is -1.78. The minimum absolute atomic E-state index is 1.31. The molecule has 2 heteroatoms. The summed E-state index contributed by atoms with van der Waals surface area (Å²) in [5.41, 5.74) is 5.43. The van der Waals surface area contributed by atoms with Crippen LogP contribution < -0.4 is 8.96 Å². The zero-order chi connectivity index (χ0) is 14.2. The third-order valence-electron chi connectivity index (χ3n) is 3.71. The van der Waals surface area contributed by atoms with E-state index < -0.39 is 13.3 Å². The monoisotopic (exact) mass is 316 g/mol. The van der Waals surface area contributed by atoms with Crippen molar-refractivity contribution in [2.24, 2.45) is 7.05 Å². The van der Waals surface area contributed by atoms with E-state index >= 15 is 0 Å². The van der Waals surface area contributed by atoms with E-state index in [2.05, 4.69) is 79.3 Å². The Labute approximate surface area is 119 Å². The van der Waals surface area contributed by atoms with E-state index in [1.807, 2.05) is 0 Å². The molecule has 0 aliphatic heterocycles. The molecule has 1 aromatic heterocycles. The van der Waals surface area contributed by atoms with Crippen molar-refractivity contribution in [3.8, 4) is 11.3 Å². The number of nitrogens with zero attached hydrogens (tertiary/aromatic N) is 1. The summed E-state index contributed by atoms with van der Waals surface area (Å²) in [7, 11) is 2.17. The second-order valence-electron chi connectivity index (χ2n) is 6.43. The average molecular weight is 315 g/mol. The molecule has 0 radical (unpaired) electrons. The van der Waals surface area contributed by atoms with Gasteiger partial charge in [-0.25, -0.2) is 0 Å². The number of hydrogen-bond donors (Lipinski definition) is 0. The van der Waals surface area contributed by atoms with E-state index in [-0.39, 0.29) is 0 Å². The van der Waals surface area contributed by atoms with Crippen LogP contribution in [0.15, 0.2) is 36.5 Å². The van der Waals surface area contributed by atoms with E-state index in [0.717, 1.165) is 0 Å². The van der Waals surface area contributed by atoms with Crippen LogP contribution >= 0.6 is 0 Å². The number of aromatic nitrogens is 1. The summed E-state index contributed by atoms with van der Waals surface area (Å²) in [6.07, 6.45) is 2.36. The molecular formula is C17H24GeN+. The van der Waals surface area contributed by atoms with Gasteiger partial charge < -0.3 is 0 Å². The quantitative estimate of drug-likeness (QED) is 0.591. The first kappa shape index (κ1) is 14.3. The van der Waals surface area contributed by atoms with Gasteiger partial charge in [-0.1, -0.05) is 0 Å². The molecule has 0 aliphatic rings. The predicted octanol–water partition coefficient (Wildman–Crippen LogP) is 3.34. The van der Waals surface area contributed by atoms with E-state index in [9.17, 15) is 0 Å². The van der Waals surface area contributed by atoms with Crippen molar-refractivity contribution in [1.29, 1.82) is 0 Å². The van der Waals surface area contributed by atoms with Crippen molar-refractivity contribution < 1.29 is 4.57 Å². The Hall–Kier alpha value is -1.09. The molecule has 0 spiro atoms. The molecule has 0 saturated carbocycles. The molecule has 19 heavy (non-hydrogen) atoms. The van der Waals surface area contributed by atoms with Gasteiger partial charge >= 0.3 is 119 Å². The second kappa shape index (κ2) is 5.12. The van der Waals surface area contributed by atoms with Crippen LogP contribution in [0.1, 0.15) is 11.1 Å². The standard InChI is InChI=1S/C17H24GeN/c1-13-9-7-8-10-15(13)17-11-14(2)16(12-19(17)6)18(3,4)5/h7-12H,1-6H3/q+1. The molecule has 1 heterocycles. The second-order valence-corrected chi connectivity index (χ2v) is 17.0. The van der Waals surface area contributed by atoms with Crippen LogP contribution in [0.4, 0.5) is 0 Å². The fourth-order valence-electron chi connectivity index (χ4n) is 2.66. The molecule has 0 saturated heterocycles. The fourth-order valence-corrected chi connectivity index (χ4v) is 6.52. The summed E-state index contributed by atoms with van der Waals surface area (Å²) in [5.74, 6) is 7.36. The van der Waals surface area contributed by atoms with Gasteiger partial charge in [0.15, 0.2) is 0 Å². The average Bonchev–Trinajstić information content (AvgIpc) is 2.31. The molecule has 0 fully saturated rings. The first-order chi connectivity index (χ1) is 8.80. The molecule has 0 unspecified atom stereocenters. The maximum atomic E-state index is 2.45. The molecule has 0 atom stereocenters. The molecule has 0 aliphatic carbocycles. The maximum absolute atomic E-state index is 2.45. The topological polar surface area (TPSA) is 3.88 Å². The van der Waals surface area contributed by atoms with Gasteiger partial charge in [-0.3, -0.25) is 0 Å². The first-order valence-corrected chi connectivity index (χ1v) is 14.2. The number of hydrogen-bond acceptors (Lipinski definition) is 0. The van der Waals surface area contributed by atoms with Crippen molar-refractivity contribution in [2.45, 2.75) is 31.1 Å². The van der Waals surface area contributed by atoms with E-state index in [1.54, 1.807) is 4.40 Å². The first-order valence-electron chi connectivity index (χ1n) is 6.87. The fraction of sp³-hybridized carbons (Fsp3) is 0.353. The number of benzene rings is 1. The molecule has 2 aromatic rings. The predicted molar refractivity (Wildman–Crippen MR) is 85.5 cm³/mol. The molecule has 2 rings (SSSR count). The third-order valence-corrected chi connectivity index (χ3v) is 8.20. The number of aryl methyl sites for hydroxylation is 3. The Balaban J connectivity index is 2.63. The Morgan fingerprint density at radius 1 is 0.947 bits per heavy atom. The van der Waals surface area contributed by atoms with Crippen LogP contribution in [0, 0.1) is 13.8 Å². The summed E-state index contributed by atoms with van der Waals surface area (Å²) in [5, 5.41) is 0. The normalized spacial score (nSPS) is 11.7. The Kier molecular flexibility index (Phi) is 3.86. The minimum atomic E-state index is -1.78. The third kappa shape index (κ3) is 2.92. The van der Waals surface area contributed by atoms with Gasteiger partial charge in [-0.05, 0) is 0 Å². The Bertz CT molecular complexity index is 609. The van der Waals surface area contributed by atoms with Crippen LogP contribution in [0.5, 0.6) is 0 Å². The molecule has 1 aromatic carbocycles. The van der Waals surface area contributed by atoms with Gasteiger partial charge in [0.2, 0.25) is 0 Å². The molecule has 100 valence electrons. The van der Waals surface area contributed by atoms with Gasteiger partial charge in [-0.15, -0.1) is 0 Å². The summed E-state index contributed by atoms with van der Waals surface area (Å²) in [6.45, 7) is 4.44. The zero-order valence-corrected chi connectivity index (χ0v) is 15.0. The van der Waals surface area contributed by atoms with Crippen LogP contribution in [-0.4, -0.2) is 13.3 Å². The summed E-state index contributed by atoms with van der Waals surface area (Å²) in [6, 6.07) is 11.0. The van der Waals surface area contributed by atoms with Gasteiger partial charge in [0.25, 0.3) is 0 Å². The van der Waals surface area contributed by atoms with Gasteiger partial charge in [0, 0.05) is 0 Å².